The van der Waals surface area contributed by atoms with Gasteiger partial charge in [0, 0.05) is 40.3 Å². The van der Waals surface area contributed by atoms with Gasteiger partial charge >= 0.3 is 5.69 Å². The highest BCUT2D eigenvalue weighted by Crippen LogP contribution is 2.23. The fourth-order valence-corrected chi connectivity index (χ4v) is 4.87. The van der Waals surface area contributed by atoms with Crippen molar-refractivity contribution < 1.29 is 4.42 Å². The molecule has 10 nitrogen and oxygen atoms in total. The zero-order valence-electron chi connectivity index (χ0n) is 20.6. The van der Waals surface area contributed by atoms with Crippen molar-refractivity contribution in [2.24, 2.45) is 14.1 Å². The molecule has 4 aromatic rings. The maximum absolute atomic E-state index is 13.2. The third kappa shape index (κ3) is 4.41. The Balaban J connectivity index is 1.44. The van der Waals surface area contributed by atoms with Gasteiger partial charge in [-0.15, -0.1) is 0 Å². The third-order valence-electron chi connectivity index (χ3n) is 6.59. The predicted molar refractivity (Wildman–Crippen MR) is 142 cm³/mol. The molecular formula is C25H29N7O3S. The van der Waals surface area contributed by atoms with E-state index in [0.29, 0.717) is 61.5 Å². The number of benzene rings is 1. The summed E-state index contributed by atoms with van der Waals surface area (Å²) in [7, 11) is 3.15. The summed E-state index contributed by atoms with van der Waals surface area (Å²) in [5, 5.41) is 3.93. The number of anilines is 1. The lowest BCUT2D eigenvalue weighted by Crippen LogP contribution is -2.52. The van der Waals surface area contributed by atoms with E-state index in [4.69, 9.17) is 21.6 Å². The standard InChI is InChI=1S/C25H29N7O3S/c1-17-6-4-7-18(14-17)16-32-20-21(28(2)25(34)29(3)22(20)33)27-23(32)30-9-11-31(12-10-30)24(36)26-15-19-8-5-13-35-19/h4-8,13-14H,9-12,15-16H2,1-3H3,(H,26,36). The Labute approximate surface area is 213 Å². The highest BCUT2D eigenvalue weighted by molar-refractivity contribution is 7.80. The Hall–Kier alpha value is -3.86. The van der Waals surface area contributed by atoms with E-state index in [2.05, 4.69) is 21.2 Å². The van der Waals surface area contributed by atoms with E-state index in [1.54, 1.807) is 13.3 Å². The van der Waals surface area contributed by atoms with Gasteiger partial charge in [-0.1, -0.05) is 29.8 Å². The van der Waals surface area contributed by atoms with E-state index < -0.39 is 5.69 Å². The predicted octanol–water partition coefficient (Wildman–Crippen LogP) is 1.58. The number of aryl methyl sites for hydroxylation is 2. The summed E-state index contributed by atoms with van der Waals surface area (Å²) in [5.74, 6) is 1.51. The molecule has 1 fully saturated rings. The first-order valence-electron chi connectivity index (χ1n) is 11.9. The topological polar surface area (TPSA) is 93.5 Å². The molecule has 0 saturated carbocycles. The molecule has 1 aromatic carbocycles. The molecular weight excluding hydrogens is 478 g/mol. The molecule has 0 unspecified atom stereocenters. The van der Waals surface area contributed by atoms with Crippen LogP contribution in [0.3, 0.4) is 0 Å². The van der Waals surface area contributed by atoms with Crippen LogP contribution in [0, 0.1) is 6.92 Å². The maximum atomic E-state index is 13.2. The van der Waals surface area contributed by atoms with Gasteiger partial charge in [-0.2, -0.15) is 4.98 Å². The molecule has 1 N–H and O–H groups in total. The van der Waals surface area contributed by atoms with Crippen molar-refractivity contribution in [2.45, 2.75) is 20.0 Å². The van der Waals surface area contributed by atoms with Crippen molar-refractivity contribution in [1.82, 2.24) is 28.9 Å². The zero-order chi connectivity index (χ0) is 25.4. The summed E-state index contributed by atoms with van der Waals surface area (Å²) in [4.78, 5) is 34.9. The van der Waals surface area contributed by atoms with E-state index >= 15 is 0 Å². The van der Waals surface area contributed by atoms with Crippen molar-refractivity contribution in [3.05, 3.63) is 80.4 Å². The van der Waals surface area contributed by atoms with Crippen LogP contribution >= 0.6 is 12.2 Å². The van der Waals surface area contributed by atoms with Gasteiger partial charge in [-0.05, 0) is 36.8 Å². The Morgan fingerprint density at radius 2 is 1.86 bits per heavy atom. The van der Waals surface area contributed by atoms with Gasteiger partial charge in [0.05, 0.1) is 19.4 Å². The van der Waals surface area contributed by atoms with E-state index in [9.17, 15) is 9.59 Å². The second kappa shape index (κ2) is 9.65. The SMILES string of the molecule is Cc1cccc(Cn2c(N3CCN(C(=S)NCc4ccco4)CC3)nc3c2c(=O)n(C)c(=O)n3C)c1. The van der Waals surface area contributed by atoms with Crippen LogP contribution in [-0.2, 0) is 27.2 Å². The Kier molecular flexibility index (Phi) is 6.40. The van der Waals surface area contributed by atoms with E-state index in [0.717, 1.165) is 21.5 Å². The molecule has 0 atom stereocenters. The summed E-state index contributed by atoms with van der Waals surface area (Å²) in [6, 6.07) is 11.9. The molecule has 5 rings (SSSR count). The third-order valence-corrected chi connectivity index (χ3v) is 7.00. The van der Waals surface area contributed by atoms with Crippen LogP contribution in [0.1, 0.15) is 16.9 Å². The van der Waals surface area contributed by atoms with Gasteiger partial charge in [-0.25, -0.2) is 4.79 Å². The van der Waals surface area contributed by atoms with E-state index in [1.807, 2.05) is 41.8 Å². The Morgan fingerprint density at radius 3 is 2.56 bits per heavy atom. The van der Waals surface area contributed by atoms with Crippen LogP contribution in [0.2, 0.25) is 0 Å². The zero-order valence-corrected chi connectivity index (χ0v) is 21.4. The molecule has 1 aliphatic heterocycles. The monoisotopic (exact) mass is 507 g/mol. The van der Waals surface area contributed by atoms with Gasteiger partial charge in [-0.3, -0.25) is 18.5 Å². The van der Waals surface area contributed by atoms with Crippen molar-refractivity contribution in [2.75, 3.05) is 31.1 Å². The molecule has 1 aliphatic rings. The van der Waals surface area contributed by atoms with Crippen LogP contribution < -0.4 is 21.5 Å². The molecule has 0 amide bonds. The minimum absolute atomic E-state index is 0.346. The van der Waals surface area contributed by atoms with Crippen LogP contribution in [0.5, 0.6) is 0 Å². The first kappa shape index (κ1) is 23.9. The van der Waals surface area contributed by atoms with Crippen LogP contribution in [0.25, 0.3) is 11.2 Å². The minimum atomic E-state index is -0.392. The van der Waals surface area contributed by atoms with Gasteiger partial charge < -0.3 is 19.5 Å². The number of fused-ring (bicyclic) bond motifs is 1. The first-order valence-corrected chi connectivity index (χ1v) is 12.3. The number of nitrogens with zero attached hydrogens (tertiary/aromatic N) is 6. The molecule has 0 radical (unpaired) electrons. The second-order valence-electron chi connectivity index (χ2n) is 9.08. The largest absolute Gasteiger partial charge is 0.467 e. The van der Waals surface area contributed by atoms with Crippen LogP contribution in [0.4, 0.5) is 5.95 Å². The Morgan fingerprint density at radius 1 is 1.08 bits per heavy atom. The van der Waals surface area contributed by atoms with Crippen LogP contribution in [-0.4, -0.2) is 54.9 Å². The quantitative estimate of drug-likeness (QED) is 0.407. The summed E-state index contributed by atoms with van der Waals surface area (Å²) < 4.78 is 9.89. The summed E-state index contributed by atoms with van der Waals surface area (Å²) in [6.45, 7) is 5.81. The van der Waals surface area contributed by atoms with E-state index in [-0.39, 0.29) is 5.56 Å². The van der Waals surface area contributed by atoms with Gasteiger partial charge in [0.2, 0.25) is 5.95 Å². The lowest BCUT2D eigenvalue weighted by atomic mass is 10.1. The number of furan rings is 1. The lowest BCUT2D eigenvalue weighted by Gasteiger charge is -2.36. The highest BCUT2D eigenvalue weighted by atomic mass is 32.1. The van der Waals surface area contributed by atoms with Crippen LogP contribution in [0.15, 0.2) is 56.7 Å². The fourth-order valence-electron chi connectivity index (χ4n) is 4.62. The number of thiocarbonyl (C=S) groups is 1. The average Bonchev–Trinajstić information content (AvgIpc) is 3.53. The number of aromatic nitrogens is 4. The number of piperazine rings is 1. The normalized spacial score (nSPS) is 14.0. The van der Waals surface area contributed by atoms with Crippen molar-refractivity contribution in [3.8, 4) is 0 Å². The average molecular weight is 508 g/mol. The molecule has 0 spiro atoms. The molecule has 11 heteroatoms. The minimum Gasteiger partial charge on any atom is -0.467 e. The molecule has 4 heterocycles. The number of nitrogens with one attached hydrogen (secondary N) is 1. The molecule has 0 bridgehead atoms. The lowest BCUT2D eigenvalue weighted by molar-refractivity contribution is 0.373. The first-order chi connectivity index (χ1) is 17.3. The Bertz CT molecular complexity index is 1530. The van der Waals surface area contributed by atoms with E-state index in [1.165, 1.54) is 11.6 Å². The molecule has 1 saturated heterocycles. The molecule has 0 aliphatic carbocycles. The molecule has 3 aromatic heterocycles. The number of imidazole rings is 1. The van der Waals surface area contributed by atoms with Gasteiger partial charge in [0.25, 0.3) is 5.56 Å². The summed E-state index contributed by atoms with van der Waals surface area (Å²) in [6.07, 6.45) is 1.64. The number of rotatable bonds is 5. The fraction of sp³-hybridized carbons (Fsp3) is 0.360. The van der Waals surface area contributed by atoms with Crippen molar-refractivity contribution in [3.63, 3.8) is 0 Å². The number of hydrogen-bond donors (Lipinski definition) is 1. The van der Waals surface area contributed by atoms with Crippen molar-refractivity contribution in [1.29, 1.82) is 0 Å². The van der Waals surface area contributed by atoms with Gasteiger partial charge in [0.15, 0.2) is 16.3 Å². The smallest absolute Gasteiger partial charge is 0.332 e. The second-order valence-corrected chi connectivity index (χ2v) is 9.46. The maximum Gasteiger partial charge on any atom is 0.332 e. The summed E-state index contributed by atoms with van der Waals surface area (Å²) >= 11 is 5.59. The highest BCUT2D eigenvalue weighted by Gasteiger charge is 2.26. The van der Waals surface area contributed by atoms with Gasteiger partial charge in [0.1, 0.15) is 5.76 Å². The summed E-state index contributed by atoms with van der Waals surface area (Å²) in [5.41, 5.74) is 2.29. The molecule has 188 valence electrons. The number of hydrogen-bond acceptors (Lipinski definition) is 6. The molecule has 36 heavy (non-hydrogen) atoms. The van der Waals surface area contributed by atoms with Crippen molar-refractivity contribution >= 4 is 34.4 Å².